The monoisotopic (exact) mass is 489 g/mol. The molecule has 0 bridgehead atoms. The lowest BCUT2D eigenvalue weighted by Gasteiger charge is -2.21. The van der Waals surface area contributed by atoms with E-state index in [1.54, 1.807) is 0 Å². The van der Waals surface area contributed by atoms with Crippen molar-refractivity contribution in [3.8, 4) is 0 Å². The van der Waals surface area contributed by atoms with E-state index in [0.717, 1.165) is 38.5 Å². The Morgan fingerprint density at radius 1 is 0.788 bits per heavy atom. The fraction of sp³-hybridized carbons (Fsp3) is 0.885. The van der Waals surface area contributed by atoms with Gasteiger partial charge < -0.3 is 10.4 Å². The molecule has 0 aromatic carbocycles. The Balaban J connectivity index is 4.14. The number of allylic oxidation sites excluding steroid dienone is 1. The van der Waals surface area contributed by atoms with Crippen LogP contribution in [0.25, 0.3) is 0 Å². The van der Waals surface area contributed by atoms with Crippen molar-refractivity contribution in [3.63, 3.8) is 0 Å². The molecule has 0 aromatic rings. The van der Waals surface area contributed by atoms with E-state index in [2.05, 4.69) is 19.2 Å². The van der Waals surface area contributed by atoms with Crippen molar-refractivity contribution < 1.29 is 22.9 Å². The molecule has 0 saturated carbocycles. The highest BCUT2D eigenvalue weighted by Gasteiger charge is 2.24. The molecule has 2 unspecified atom stereocenters. The fourth-order valence-electron chi connectivity index (χ4n) is 3.92. The van der Waals surface area contributed by atoms with E-state index in [1.807, 2.05) is 6.08 Å². The SMILES string of the molecule is CCCCCCC/C=C/C(O)C(CS(=O)(=O)O)NC(=O)CCCCCCCCCCCCC. The fourth-order valence-corrected chi connectivity index (χ4v) is 4.65. The van der Waals surface area contributed by atoms with Crippen LogP contribution in [0.2, 0.25) is 0 Å². The molecule has 0 rings (SSSR count). The largest absolute Gasteiger partial charge is 0.387 e. The third-order valence-corrected chi connectivity index (χ3v) is 6.74. The zero-order valence-corrected chi connectivity index (χ0v) is 22.1. The molecule has 0 radical (unpaired) electrons. The maximum atomic E-state index is 12.3. The van der Waals surface area contributed by atoms with Gasteiger partial charge in [-0.2, -0.15) is 8.42 Å². The van der Waals surface area contributed by atoms with Crippen molar-refractivity contribution in [2.45, 2.75) is 142 Å². The first-order valence-electron chi connectivity index (χ1n) is 13.4. The number of amides is 1. The highest BCUT2D eigenvalue weighted by Crippen LogP contribution is 2.12. The molecule has 1 amide bonds. The van der Waals surface area contributed by atoms with Gasteiger partial charge in [0.15, 0.2) is 0 Å². The van der Waals surface area contributed by atoms with E-state index in [0.29, 0.717) is 6.42 Å². The predicted molar refractivity (Wildman–Crippen MR) is 138 cm³/mol. The predicted octanol–water partition coefficient (Wildman–Crippen LogP) is 6.34. The molecule has 0 aliphatic rings. The molecule has 3 N–H and O–H groups in total. The van der Waals surface area contributed by atoms with Crippen LogP contribution in [0.5, 0.6) is 0 Å². The van der Waals surface area contributed by atoms with Crippen LogP contribution >= 0.6 is 0 Å². The van der Waals surface area contributed by atoms with Gasteiger partial charge in [-0.05, 0) is 19.3 Å². The van der Waals surface area contributed by atoms with Crippen LogP contribution in [0.3, 0.4) is 0 Å². The van der Waals surface area contributed by atoms with E-state index >= 15 is 0 Å². The molecule has 0 aromatic heterocycles. The van der Waals surface area contributed by atoms with E-state index < -0.39 is 28.0 Å². The molecule has 0 fully saturated rings. The summed E-state index contributed by atoms with van der Waals surface area (Å²) in [5.74, 6) is -0.981. The van der Waals surface area contributed by atoms with Gasteiger partial charge in [0, 0.05) is 6.42 Å². The minimum absolute atomic E-state index is 0.286. The average molecular weight is 490 g/mol. The summed E-state index contributed by atoms with van der Waals surface area (Å²) in [6.45, 7) is 4.39. The van der Waals surface area contributed by atoms with Crippen molar-refractivity contribution in [1.29, 1.82) is 0 Å². The van der Waals surface area contributed by atoms with Gasteiger partial charge in [0.25, 0.3) is 10.1 Å². The summed E-state index contributed by atoms with van der Waals surface area (Å²) >= 11 is 0. The van der Waals surface area contributed by atoms with Crippen molar-refractivity contribution >= 4 is 16.0 Å². The molecule has 7 heteroatoms. The Morgan fingerprint density at radius 2 is 1.24 bits per heavy atom. The Labute approximate surface area is 203 Å². The van der Waals surface area contributed by atoms with Gasteiger partial charge in [0.2, 0.25) is 5.91 Å². The molecule has 0 aliphatic carbocycles. The zero-order chi connectivity index (χ0) is 24.8. The van der Waals surface area contributed by atoms with Crippen molar-refractivity contribution in [1.82, 2.24) is 5.32 Å². The van der Waals surface area contributed by atoms with Crippen molar-refractivity contribution in [2.75, 3.05) is 5.75 Å². The molecule has 0 heterocycles. The van der Waals surface area contributed by atoms with Crippen LogP contribution in [0.15, 0.2) is 12.2 Å². The average Bonchev–Trinajstić information content (AvgIpc) is 2.75. The lowest BCUT2D eigenvalue weighted by atomic mass is 10.0. The molecular weight excluding hydrogens is 438 g/mol. The van der Waals surface area contributed by atoms with Crippen LogP contribution in [0.4, 0.5) is 0 Å². The molecule has 196 valence electrons. The zero-order valence-electron chi connectivity index (χ0n) is 21.3. The molecule has 33 heavy (non-hydrogen) atoms. The smallest absolute Gasteiger partial charge is 0.267 e. The Kier molecular flexibility index (Phi) is 21.0. The second-order valence-corrected chi connectivity index (χ2v) is 10.8. The summed E-state index contributed by atoms with van der Waals surface area (Å²) in [4.78, 5) is 12.3. The minimum Gasteiger partial charge on any atom is -0.387 e. The molecular formula is C26H51NO5S. The van der Waals surface area contributed by atoms with E-state index in [1.165, 1.54) is 76.7 Å². The van der Waals surface area contributed by atoms with Crippen LogP contribution in [0.1, 0.15) is 129 Å². The third kappa shape index (κ3) is 22.6. The maximum absolute atomic E-state index is 12.3. The number of hydrogen-bond acceptors (Lipinski definition) is 4. The van der Waals surface area contributed by atoms with Gasteiger partial charge in [-0.3, -0.25) is 9.35 Å². The molecule has 6 nitrogen and oxygen atoms in total. The van der Waals surface area contributed by atoms with Gasteiger partial charge in [-0.1, -0.05) is 116 Å². The van der Waals surface area contributed by atoms with E-state index in [4.69, 9.17) is 0 Å². The molecule has 0 saturated heterocycles. The second kappa shape index (κ2) is 21.6. The van der Waals surface area contributed by atoms with Gasteiger partial charge >= 0.3 is 0 Å². The number of unbranched alkanes of at least 4 members (excludes halogenated alkanes) is 15. The summed E-state index contributed by atoms with van der Waals surface area (Å²) < 4.78 is 31.9. The van der Waals surface area contributed by atoms with E-state index in [-0.39, 0.29) is 5.91 Å². The summed E-state index contributed by atoms with van der Waals surface area (Å²) in [6.07, 6.45) is 22.1. The number of carbonyl (C=O) groups is 1. The number of aliphatic hydroxyl groups is 1. The quantitative estimate of drug-likeness (QED) is 0.0883. The summed E-state index contributed by atoms with van der Waals surface area (Å²) in [5, 5.41) is 12.9. The summed E-state index contributed by atoms with van der Waals surface area (Å²) in [7, 11) is -4.31. The maximum Gasteiger partial charge on any atom is 0.267 e. The van der Waals surface area contributed by atoms with Crippen LogP contribution in [-0.2, 0) is 14.9 Å². The first-order chi connectivity index (χ1) is 15.8. The van der Waals surface area contributed by atoms with Crippen LogP contribution < -0.4 is 5.32 Å². The standard InChI is InChI=1S/C26H51NO5S/c1-3-5-7-9-11-12-13-14-16-18-20-22-26(29)27-24(23-33(30,31)32)25(28)21-19-17-15-10-8-6-4-2/h19,21,24-25,28H,3-18,20,22-23H2,1-2H3,(H,27,29)(H,30,31,32)/b21-19+. The minimum atomic E-state index is -4.31. The van der Waals surface area contributed by atoms with Crippen LogP contribution in [0, 0.1) is 0 Å². The number of rotatable bonds is 23. The lowest BCUT2D eigenvalue weighted by Crippen LogP contribution is -2.46. The van der Waals surface area contributed by atoms with E-state index in [9.17, 15) is 22.9 Å². The first-order valence-corrected chi connectivity index (χ1v) is 15.0. The highest BCUT2D eigenvalue weighted by atomic mass is 32.2. The van der Waals surface area contributed by atoms with Crippen molar-refractivity contribution in [3.05, 3.63) is 12.2 Å². The molecule has 0 aliphatic heterocycles. The second-order valence-electron chi connectivity index (χ2n) is 9.33. The lowest BCUT2D eigenvalue weighted by molar-refractivity contribution is -0.122. The van der Waals surface area contributed by atoms with Crippen LogP contribution in [-0.4, -0.2) is 41.9 Å². The highest BCUT2D eigenvalue weighted by molar-refractivity contribution is 7.85. The Hall–Kier alpha value is -0.920. The van der Waals surface area contributed by atoms with Gasteiger partial charge in [0.1, 0.15) is 0 Å². The van der Waals surface area contributed by atoms with Crippen molar-refractivity contribution in [2.24, 2.45) is 0 Å². The van der Waals surface area contributed by atoms with Gasteiger partial charge in [-0.25, -0.2) is 0 Å². The number of carbonyl (C=O) groups excluding carboxylic acids is 1. The Bertz CT molecular complexity index is 591. The molecule has 0 spiro atoms. The topological polar surface area (TPSA) is 104 Å². The number of aliphatic hydroxyl groups excluding tert-OH is 1. The Morgan fingerprint density at radius 3 is 1.73 bits per heavy atom. The summed E-state index contributed by atoms with van der Waals surface area (Å²) in [5.41, 5.74) is 0. The first kappa shape index (κ1) is 32.1. The molecule has 2 atom stereocenters. The normalized spacial score (nSPS) is 13.9. The summed E-state index contributed by atoms with van der Waals surface area (Å²) in [6, 6.07) is -1.04. The number of hydrogen-bond donors (Lipinski definition) is 3. The number of nitrogens with one attached hydrogen (secondary N) is 1. The third-order valence-electron chi connectivity index (χ3n) is 5.96. The van der Waals surface area contributed by atoms with Gasteiger partial charge in [0.05, 0.1) is 17.9 Å². The van der Waals surface area contributed by atoms with Gasteiger partial charge in [-0.15, -0.1) is 0 Å².